The maximum Gasteiger partial charge on any atom is 0.416 e. The lowest BCUT2D eigenvalue weighted by molar-refractivity contribution is -0.141. The van der Waals surface area contributed by atoms with Crippen molar-refractivity contribution in [3.63, 3.8) is 0 Å². The van der Waals surface area contributed by atoms with Gasteiger partial charge in [-0.15, -0.1) is 0 Å². The molecule has 0 aliphatic carbocycles. The number of rotatable bonds is 5. The minimum absolute atomic E-state index is 0.132. The lowest BCUT2D eigenvalue weighted by Gasteiger charge is -2.36. The van der Waals surface area contributed by atoms with Gasteiger partial charge in [-0.05, 0) is 57.0 Å². The van der Waals surface area contributed by atoms with Crippen LogP contribution in [0.1, 0.15) is 31.4 Å². The molecule has 0 saturated carbocycles. The summed E-state index contributed by atoms with van der Waals surface area (Å²) < 4.78 is 57.4. The van der Waals surface area contributed by atoms with E-state index >= 15 is 0 Å². The van der Waals surface area contributed by atoms with Crippen molar-refractivity contribution in [2.75, 3.05) is 41.4 Å². The monoisotopic (exact) mass is 569 g/mol. The first-order valence-electron chi connectivity index (χ1n) is 13.4. The molecule has 2 aromatic heterocycles. The van der Waals surface area contributed by atoms with Crippen molar-refractivity contribution in [2.24, 2.45) is 0 Å². The number of carbonyl (C=O) groups excluding carboxylic acids is 1. The number of aromatic nitrogens is 2. The van der Waals surface area contributed by atoms with E-state index in [4.69, 9.17) is 19.2 Å². The highest BCUT2D eigenvalue weighted by atomic mass is 19.4. The fraction of sp³-hybridized carbons (Fsp3) is 0.414. The van der Waals surface area contributed by atoms with E-state index in [2.05, 4.69) is 15.2 Å². The zero-order chi connectivity index (χ0) is 28.9. The van der Waals surface area contributed by atoms with E-state index in [1.807, 2.05) is 26.8 Å². The predicted octanol–water partition coefficient (Wildman–Crippen LogP) is 5.63. The number of pyridine rings is 2. The van der Waals surface area contributed by atoms with Crippen LogP contribution in [0.5, 0.6) is 5.88 Å². The summed E-state index contributed by atoms with van der Waals surface area (Å²) in [4.78, 5) is 26.5. The highest BCUT2D eigenvalue weighted by Crippen LogP contribution is 2.42. The number of aryl methyl sites for hydroxylation is 1. The van der Waals surface area contributed by atoms with Crippen LogP contribution in [0.3, 0.4) is 0 Å². The van der Waals surface area contributed by atoms with Crippen LogP contribution in [0, 0.1) is 6.92 Å². The van der Waals surface area contributed by atoms with Gasteiger partial charge in [-0.1, -0.05) is 12.1 Å². The Balaban J connectivity index is 1.25. The lowest BCUT2D eigenvalue weighted by Crippen LogP contribution is -2.48. The molecule has 2 saturated heterocycles. The Bertz CT molecular complexity index is 1480. The molecule has 1 aromatic carbocycles. The Morgan fingerprint density at radius 3 is 2.80 bits per heavy atom. The molecule has 216 valence electrons. The van der Waals surface area contributed by atoms with Gasteiger partial charge in [0.15, 0.2) is 11.6 Å². The number of hydrogen-bond donors (Lipinski definition) is 1. The second kappa shape index (κ2) is 10.2. The summed E-state index contributed by atoms with van der Waals surface area (Å²) in [6, 6.07) is 9.74. The minimum Gasteiger partial charge on any atom is -0.475 e. The molecule has 2 bridgehead atoms. The summed E-state index contributed by atoms with van der Waals surface area (Å²) in [5, 5.41) is 2.92. The predicted molar refractivity (Wildman–Crippen MR) is 146 cm³/mol. The highest BCUT2D eigenvalue weighted by Gasteiger charge is 2.41. The SMILES string of the molecule is Cc1cc2c(nc1-c1cccc(C(F)(F)F)c1)N(C(=O)Nc1ccnc(OC[C@@H]3COC(C)(C)O3)c1)C1CCN2C1. The fourth-order valence-electron chi connectivity index (χ4n) is 5.51. The molecule has 1 N–H and O–H groups in total. The van der Waals surface area contributed by atoms with Crippen LogP contribution in [0.4, 0.5) is 35.2 Å². The van der Waals surface area contributed by atoms with Crippen molar-refractivity contribution in [3.8, 4) is 17.1 Å². The van der Waals surface area contributed by atoms with Crippen LogP contribution in [0.15, 0.2) is 48.7 Å². The molecular weight excluding hydrogens is 539 g/mol. The van der Waals surface area contributed by atoms with E-state index < -0.39 is 23.6 Å². The number of ether oxygens (including phenoxy) is 3. The van der Waals surface area contributed by atoms with Crippen molar-refractivity contribution in [3.05, 3.63) is 59.8 Å². The van der Waals surface area contributed by atoms with E-state index in [-0.39, 0.29) is 18.8 Å². The first kappa shape index (κ1) is 27.3. The van der Waals surface area contributed by atoms with Gasteiger partial charge in [-0.3, -0.25) is 4.90 Å². The number of nitrogens with zero attached hydrogens (tertiary/aromatic N) is 4. The fourth-order valence-corrected chi connectivity index (χ4v) is 5.51. The van der Waals surface area contributed by atoms with Crippen LogP contribution in [-0.4, -0.2) is 60.2 Å². The van der Waals surface area contributed by atoms with Crippen LogP contribution in [0.2, 0.25) is 0 Å². The van der Waals surface area contributed by atoms with Gasteiger partial charge in [0.2, 0.25) is 5.88 Å². The molecule has 0 spiro atoms. The summed E-state index contributed by atoms with van der Waals surface area (Å²) in [5.74, 6) is 0.0781. The van der Waals surface area contributed by atoms with Crippen LogP contribution in [-0.2, 0) is 15.7 Å². The van der Waals surface area contributed by atoms with Crippen molar-refractivity contribution < 1.29 is 32.2 Å². The molecule has 2 atom stereocenters. The van der Waals surface area contributed by atoms with E-state index in [1.54, 1.807) is 23.1 Å². The van der Waals surface area contributed by atoms with Gasteiger partial charge < -0.3 is 24.4 Å². The molecule has 3 aromatic rings. The number of hydrogen-bond acceptors (Lipinski definition) is 7. The number of alkyl halides is 3. The van der Waals surface area contributed by atoms with Crippen molar-refractivity contribution in [1.29, 1.82) is 0 Å². The Morgan fingerprint density at radius 1 is 1.22 bits per heavy atom. The van der Waals surface area contributed by atoms with Crippen LogP contribution in [0.25, 0.3) is 11.3 Å². The molecule has 2 fully saturated rings. The minimum atomic E-state index is -4.48. The summed E-state index contributed by atoms with van der Waals surface area (Å²) >= 11 is 0. The van der Waals surface area contributed by atoms with Crippen LogP contribution >= 0.6 is 0 Å². The smallest absolute Gasteiger partial charge is 0.416 e. The zero-order valence-corrected chi connectivity index (χ0v) is 22.9. The quantitative estimate of drug-likeness (QED) is 0.426. The average Bonchev–Trinajstić information content (AvgIpc) is 3.50. The molecule has 6 rings (SSSR count). The number of anilines is 3. The molecule has 3 aliphatic heterocycles. The van der Waals surface area contributed by atoms with Crippen molar-refractivity contribution >= 4 is 23.2 Å². The summed E-state index contributed by atoms with van der Waals surface area (Å²) in [5.41, 5.74) is 1.97. The molecule has 1 unspecified atom stereocenters. The number of nitrogens with one attached hydrogen (secondary N) is 1. The summed E-state index contributed by atoms with van der Waals surface area (Å²) in [7, 11) is 0. The number of urea groups is 1. The third-order valence-corrected chi connectivity index (χ3v) is 7.42. The molecule has 41 heavy (non-hydrogen) atoms. The average molecular weight is 570 g/mol. The van der Waals surface area contributed by atoms with Crippen LogP contribution < -0.4 is 19.9 Å². The van der Waals surface area contributed by atoms with E-state index in [1.165, 1.54) is 12.3 Å². The lowest BCUT2D eigenvalue weighted by atomic mass is 10.0. The van der Waals surface area contributed by atoms with Gasteiger partial charge >= 0.3 is 12.2 Å². The third-order valence-electron chi connectivity index (χ3n) is 7.42. The highest BCUT2D eigenvalue weighted by molar-refractivity contribution is 6.05. The molecular formula is C29H30F3N5O4. The standard InChI is InChI=1S/C29H30F3N5O4/c1-17-11-23-26(35-25(17)18-5-4-6-19(12-18)29(30,31)32)37(21-8-10-36(23)14-21)27(38)34-20-7-9-33-24(13-20)39-15-22-16-40-28(2,3)41-22/h4-7,9,11-13,21-22H,8,10,14-16H2,1-3H3,(H,33,34,38)/t21?,22-/m1/s1. The normalized spacial score (nSPS) is 21.1. The number of fused-ring (bicyclic) bond motifs is 4. The molecule has 5 heterocycles. The first-order chi connectivity index (χ1) is 19.5. The van der Waals surface area contributed by atoms with Gasteiger partial charge in [-0.2, -0.15) is 13.2 Å². The Labute approximate surface area is 235 Å². The number of halogens is 3. The van der Waals surface area contributed by atoms with Gasteiger partial charge in [0.25, 0.3) is 0 Å². The molecule has 2 amide bonds. The van der Waals surface area contributed by atoms with E-state index in [0.717, 1.165) is 36.3 Å². The molecule has 12 heteroatoms. The van der Waals surface area contributed by atoms with Gasteiger partial charge in [-0.25, -0.2) is 14.8 Å². The maximum atomic E-state index is 13.7. The van der Waals surface area contributed by atoms with Crippen molar-refractivity contribution in [1.82, 2.24) is 9.97 Å². The zero-order valence-electron chi connectivity index (χ0n) is 22.9. The Morgan fingerprint density at radius 2 is 2.05 bits per heavy atom. The second-order valence-corrected chi connectivity index (χ2v) is 10.9. The second-order valence-electron chi connectivity index (χ2n) is 10.9. The van der Waals surface area contributed by atoms with E-state index in [9.17, 15) is 18.0 Å². The largest absolute Gasteiger partial charge is 0.475 e. The first-order valence-corrected chi connectivity index (χ1v) is 13.4. The number of carbonyl (C=O) groups is 1. The van der Waals surface area contributed by atoms with Gasteiger partial charge in [0, 0.05) is 36.6 Å². The Kier molecular flexibility index (Phi) is 6.77. The van der Waals surface area contributed by atoms with E-state index in [0.29, 0.717) is 41.8 Å². The van der Waals surface area contributed by atoms with Gasteiger partial charge in [0.1, 0.15) is 12.7 Å². The molecule has 9 nitrogen and oxygen atoms in total. The third kappa shape index (κ3) is 5.53. The number of amides is 2. The summed E-state index contributed by atoms with van der Waals surface area (Å²) in [6.07, 6.45) is -2.43. The van der Waals surface area contributed by atoms with Gasteiger partial charge in [0.05, 0.1) is 29.6 Å². The Hall–Kier alpha value is -3.90. The van der Waals surface area contributed by atoms with Crippen molar-refractivity contribution in [2.45, 2.75) is 51.3 Å². The molecule has 3 aliphatic rings. The summed E-state index contributed by atoms with van der Waals surface area (Å²) in [6.45, 7) is 7.54. The molecule has 0 radical (unpaired) electrons. The topological polar surface area (TPSA) is 89.1 Å². The number of benzene rings is 1. The maximum absolute atomic E-state index is 13.7.